The summed E-state index contributed by atoms with van der Waals surface area (Å²) in [6.07, 6.45) is 6.78. The van der Waals surface area contributed by atoms with E-state index in [-0.39, 0.29) is 5.75 Å². The first-order valence-corrected chi connectivity index (χ1v) is 7.45. The van der Waals surface area contributed by atoms with E-state index >= 15 is 0 Å². The second-order valence-electron chi connectivity index (χ2n) is 5.16. The molecule has 1 aliphatic carbocycles. The minimum atomic E-state index is -0.788. The van der Waals surface area contributed by atoms with Gasteiger partial charge in [0, 0.05) is 17.9 Å². The lowest BCUT2D eigenvalue weighted by Gasteiger charge is -2.29. The van der Waals surface area contributed by atoms with Crippen molar-refractivity contribution in [3.8, 4) is 0 Å². The summed E-state index contributed by atoms with van der Waals surface area (Å²) in [5.74, 6) is 0.0470. The van der Waals surface area contributed by atoms with Crippen molar-refractivity contribution in [2.45, 2.75) is 50.7 Å². The standard InChI is InChI=1S/C13H20N2O2S/c1-9-4-3-5-11(6-9)15-10(2)7-14-13(15)18-8-12(16)17/h7,9,11H,3-6,8H2,1-2H3,(H,16,17). The molecule has 1 aromatic rings. The van der Waals surface area contributed by atoms with Crippen molar-refractivity contribution in [1.82, 2.24) is 9.55 Å². The first-order chi connectivity index (χ1) is 8.58. The number of carboxylic acids is 1. The molecule has 18 heavy (non-hydrogen) atoms. The van der Waals surface area contributed by atoms with Crippen LogP contribution in [0.15, 0.2) is 11.4 Å². The Kier molecular flexibility index (Phi) is 4.32. The Balaban J connectivity index is 2.15. The molecule has 1 fully saturated rings. The minimum Gasteiger partial charge on any atom is -0.481 e. The number of imidazole rings is 1. The number of thioether (sulfide) groups is 1. The van der Waals surface area contributed by atoms with Gasteiger partial charge in [0.15, 0.2) is 5.16 Å². The summed E-state index contributed by atoms with van der Waals surface area (Å²) in [7, 11) is 0. The topological polar surface area (TPSA) is 55.1 Å². The Hall–Kier alpha value is -0.970. The first-order valence-electron chi connectivity index (χ1n) is 6.46. The van der Waals surface area contributed by atoms with Crippen molar-refractivity contribution >= 4 is 17.7 Å². The van der Waals surface area contributed by atoms with Crippen LogP contribution in [-0.2, 0) is 4.79 Å². The molecule has 1 heterocycles. The van der Waals surface area contributed by atoms with Crippen LogP contribution in [-0.4, -0.2) is 26.4 Å². The molecule has 0 saturated heterocycles. The summed E-state index contributed by atoms with van der Waals surface area (Å²) in [4.78, 5) is 15.0. The van der Waals surface area contributed by atoms with Gasteiger partial charge < -0.3 is 9.67 Å². The lowest BCUT2D eigenvalue weighted by atomic mass is 9.87. The van der Waals surface area contributed by atoms with Crippen LogP contribution in [0, 0.1) is 12.8 Å². The van der Waals surface area contributed by atoms with Crippen LogP contribution in [0.3, 0.4) is 0 Å². The molecule has 1 N–H and O–H groups in total. The molecule has 0 bridgehead atoms. The quantitative estimate of drug-likeness (QED) is 0.852. The number of hydrogen-bond acceptors (Lipinski definition) is 3. The summed E-state index contributed by atoms with van der Waals surface area (Å²) in [5.41, 5.74) is 1.14. The van der Waals surface area contributed by atoms with Gasteiger partial charge in [0.05, 0.1) is 5.75 Å². The molecule has 5 heteroatoms. The molecule has 0 spiro atoms. The Morgan fingerprint density at radius 2 is 2.39 bits per heavy atom. The molecule has 2 atom stereocenters. The predicted molar refractivity (Wildman–Crippen MR) is 72.0 cm³/mol. The largest absolute Gasteiger partial charge is 0.481 e. The Bertz CT molecular complexity index is 431. The van der Waals surface area contributed by atoms with Crippen LogP contribution in [0.2, 0.25) is 0 Å². The first kappa shape index (κ1) is 13.5. The Morgan fingerprint density at radius 3 is 3.06 bits per heavy atom. The van der Waals surface area contributed by atoms with Crippen molar-refractivity contribution in [2.75, 3.05) is 5.75 Å². The fourth-order valence-corrected chi connectivity index (χ4v) is 3.55. The number of carboxylic acid groups (broad SMARTS) is 1. The van der Waals surface area contributed by atoms with E-state index in [1.165, 1.54) is 37.4 Å². The number of hydrogen-bond donors (Lipinski definition) is 1. The van der Waals surface area contributed by atoms with Gasteiger partial charge in [-0.2, -0.15) is 0 Å². The molecule has 100 valence electrons. The van der Waals surface area contributed by atoms with E-state index in [1.54, 1.807) is 0 Å². The maximum absolute atomic E-state index is 10.7. The van der Waals surface area contributed by atoms with E-state index in [9.17, 15) is 4.79 Å². The van der Waals surface area contributed by atoms with Crippen LogP contribution in [0.5, 0.6) is 0 Å². The monoisotopic (exact) mass is 268 g/mol. The molecule has 1 saturated carbocycles. The van der Waals surface area contributed by atoms with Crippen LogP contribution in [0.4, 0.5) is 0 Å². The summed E-state index contributed by atoms with van der Waals surface area (Å²) < 4.78 is 2.24. The molecular formula is C13H20N2O2S. The summed E-state index contributed by atoms with van der Waals surface area (Å²) in [6.45, 7) is 4.35. The van der Waals surface area contributed by atoms with Gasteiger partial charge in [-0.05, 0) is 25.7 Å². The zero-order chi connectivity index (χ0) is 13.1. The highest BCUT2D eigenvalue weighted by atomic mass is 32.2. The van der Waals surface area contributed by atoms with Gasteiger partial charge in [0.25, 0.3) is 0 Å². The fourth-order valence-electron chi connectivity index (χ4n) is 2.74. The van der Waals surface area contributed by atoms with Crippen LogP contribution in [0.25, 0.3) is 0 Å². The third-order valence-electron chi connectivity index (χ3n) is 3.55. The molecule has 2 rings (SSSR count). The van der Waals surface area contributed by atoms with Gasteiger partial charge in [0.2, 0.25) is 0 Å². The second kappa shape index (κ2) is 5.78. The number of carbonyl (C=O) groups is 1. The molecule has 0 amide bonds. The fraction of sp³-hybridized carbons (Fsp3) is 0.692. The normalized spacial score (nSPS) is 24.1. The lowest BCUT2D eigenvalue weighted by Crippen LogP contribution is -2.19. The SMILES string of the molecule is Cc1cnc(SCC(=O)O)n1C1CCCC(C)C1. The van der Waals surface area contributed by atoms with Crippen molar-refractivity contribution < 1.29 is 9.90 Å². The molecule has 0 aliphatic heterocycles. The zero-order valence-electron chi connectivity index (χ0n) is 10.9. The summed E-state index contributed by atoms with van der Waals surface area (Å²) >= 11 is 1.32. The molecular weight excluding hydrogens is 248 g/mol. The van der Waals surface area contributed by atoms with Gasteiger partial charge in [-0.1, -0.05) is 31.5 Å². The Labute approximate surface area is 112 Å². The third kappa shape index (κ3) is 3.07. The van der Waals surface area contributed by atoms with Crippen molar-refractivity contribution in [3.05, 3.63) is 11.9 Å². The van der Waals surface area contributed by atoms with Gasteiger partial charge in [-0.25, -0.2) is 4.98 Å². The molecule has 0 radical (unpaired) electrons. The van der Waals surface area contributed by atoms with Gasteiger partial charge in [-0.3, -0.25) is 4.79 Å². The van der Waals surface area contributed by atoms with Crippen LogP contribution >= 0.6 is 11.8 Å². The van der Waals surface area contributed by atoms with Gasteiger partial charge in [0.1, 0.15) is 0 Å². The highest BCUT2D eigenvalue weighted by Gasteiger charge is 2.23. The lowest BCUT2D eigenvalue weighted by molar-refractivity contribution is -0.133. The van der Waals surface area contributed by atoms with Crippen molar-refractivity contribution in [1.29, 1.82) is 0 Å². The number of aromatic nitrogens is 2. The third-order valence-corrected chi connectivity index (χ3v) is 4.50. The van der Waals surface area contributed by atoms with E-state index in [1.807, 2.05) is 6.20 Å². The van der Waals surface area contributed by atoms with Gasteiger partial charge in [-0.15, -0.1) is 0 Å². The van der Waals surface area contributed by atoms with E-state index in [0.717, 1.165) is 16.8 Å². The van der Waals surface area contributed by atoms with E-state index in [0.29, 0.717) is 6.04 Å². The van der Waals surface area contributed by atoms with Crippen LogP contribution in [0.1, 0.15) is 44.3 Å². The molecule has 1 aliphatic rings. The average molecular weight is 268 g/mol. The maximum atomic E-state index is 10.7. The van der Waals surface area contributed by atoms with E-state index in [4.69, 9.17) is 5.11 Å². The minimum absolute atomic E-state index is 0.0821. The van der Waals surface area contributed by atoms with Gasteiger partial charge >= 0.3 is 5.97 Å². The number of rotatable bonds is 4. The summed E-state index contributed by atoms with van der Waals surface area (Å²) in [6, 6.07) is 0.493. The van der Waals surface area contributed by atoms with Crippen molar-refractivity contribution in [2.24, 2.45) is 5.92 Å². The molecule has 2 unspecified atom stereocenters. The molecule has 4 nitrogen and oxygen atoms in total. The van der Waals surface area contributed by atoms with Crippen molar-refractivity contribution in [3.63, 3.8) is 0 Å². The molecule has 0 aromatic carbocycles. The predicted octanol–water partition coefficient (Wildman–Crippen LogP) is 3.12. The van der Waals surface area contributed by atoms with Crippen LogP contribution < -0.4 is 0 Å². The number of aliphatic carboxylic acids is 1. The summed E-state index contributed by atoms with van der Waals surface area (Å²) in [5, 5.41) is 9.62. The average Bonchev–Trinajstić information content (AvgIpc) is 2.68. The second-order valence-corrected chi connectivity index (χ2v) is 6.10. The zero-order valence-corrected chi connectivity index (χ0v) is 11.7. The highest BCUT2D eigenvalue weighted by Crippen LogP contribution is 2.35. The number of aryl methyl sites for hydroxylation is 1. The number of nitrogens with zero attached hydrogens (tertiary/aromatic N) is 2. The highest BCUT2D eigenvalue weighted by molar-refractivity contribution is 7.99. The Morgan fingerprint density at radius 1 is 1.61 bits per heavy atom. The van der Waals surface area contributed by atoms with E-state index in [2.05, 4.69) is 23.4 Å². The van der Waals surface area contributed by atoms with E-state index < -0.39 is 5.97 Å². The maximum Gasteiger partial charge on any atom is 0.313 e. The molecule has 1 aromatic heterocycles. The smallest absolute Gasteiger partial charge is 0.313 e.